The van der Waals surface area contributed by atoms with Crippen molar-refractivity contribution < 1.29 is 4.79 Å². The van der Waals surface area contributed by atoms with Crippen molar-refractivity contribution in [3.8, 4) is 0 Å². The van der Waals surface area contributed by atoms with Gasteiger partial charge in [-0.25, -0.2) is 0 Å². The maximum absolute atomic E-state index is 11.4. The average molecular weight is 275 g/mol. The summed E-state index contributed by atoms with van der Waals surface area (Å²) >= 11 is 12.1. The van der Waals surface area contributed by atoms with Crippen LogP contribution in [0.15, 0.2) is 18.2 Å². The number of hydrogen-bond donors (Lipinski definition) is 2. The fourth-order valence-electron chi connectivity index (χ4n) is 1.57. The summed E-state index contributed by atoms with van der Waals surface area (Å²) in [6.07, 6.45) is 0.619. The van der Waals surface area contributed by atoms with Crippen LogP contribution in [0.2, 0.25) is 10.0 Å². The van der Waals surface area contributed by atoms with E-state index in [2.05, 4.69) is 10.6 Å². The van der Waals surface area contributed by atoms with Crippen molar-refractivity contribution in [2.45, 2.75) is 19.4 Å². The van der Waals surface area contributed by atoms with Gasteiger partial charge in [-0.05, 0) is 38.1 Å². The first-order chi connectivity index (χ1) is 8.04. The summed E-state index contributed by atoms with van der Waals surface area (Å²) in [5, 5.41) is 6.92. The van der Waals surface area contributed by atoms with Gasteiger partial charge in [0.2, 0.25) is 5.91 Å². The van der Waals surface area contributed by atoms with Crippen LogP contribution in [0.1, 0.15) is 12.5 Å². The van der Waals surface area contributed by atoms with Gasteiger partial charge < -0.3 is 10.6 Å². The highest BCUT2D eigenvalue weighted by Gasteiger charge is 2.12. The van der Waals surface area contributed by atoms with E-state index in [4.69, 9.17) is 23.2 Å². The zero-order valence-electron chi connectivity index (χ0n) is 9.89. The minimum Gasteiger partial charge on any atom is -0.352 e. The fourth-order valence-corrected chi connectivity index (χ4v) is 2.12. The van der Waals surface area contributed by atoms with Crippen molar-refractivity contribution in [1.82, 2.24) is 10.6 Å². The van der Waals surface area contributed by atoms with E-state index in [-0.39, 0.29) is 11.9 Å². The van der Waals surface area contributed by atoms with Crippen LogP contribution in [-0.2, 0) is 11.2 Å². The van der Waals surface area contributed by atoms with Crippen molar-refractivity contribution in [2.24, 2.45) is 0 Å². The van der Waals surface area contributed by atoms with E-state index in [0.717, 1.165) is 5.56 Å². The van der Waals surface area contributed by atoms with E-state index < -0.39 is 0 Å². The van der Waals surface area contributed by atoms with E-state index in [1.165, 1.54) is 0 Å². The summed E-state index contributed by atoms with van der Waals surface area (Å²) in [7, 11) is 1.73. The minimum atomic E-state index is -0.0387. The van der Waals surface area contributed by atoms with Gasteiger partial charge in [0.1, 0.15) is 0 Å². The Balaban J connectivity index is 2.62. The molecular formula is C12H16Cl2N2O. The SMILES string of the molecule is CNCC(=O)NC(C)Cc1c(Cl)cccc1Cl. The second kappa shape index (κ2) is 6.84. The second-order valence-electron chi connectivity index (χ2n) is 3.90. The van der Waals surface area contributed by atoms with Crippen LogP contribution in [0.4, 0.5) is 0 Å². The number of amides is 1. The number of benzene rings is 1. The summed E-state index contributed by atoms with van der Waals surface area (Å²) < 4.78 is 0. The molecule has 1 unspecified atom stereocenters. The zero-order chi connectivity index (χ0) is 12.8. The Bertz CT molecular complexity index is 376. The second-order valence-corrected chi connectivity index (χ2v) is 4.72. The first kappa shape index (κ1) is 14.3. The molecule has 94 valence electrons. The Morgan fingerprint density at radius 2 is 1.94 bits per heavy atom. The lowest BCUT2D eigenvalue weighted by Gasteiger charge is -2.15. The fraction of sp³-hybridized carbons (Fsp3) is 0.417. The lowest BCUT2D eigenvalue weighted by molar-refractivity contribution is -0.120. The molecule has 0 spiro atoms. The van der Waals surface area contributed by atoms with Gasteiger partial charge in [-0.15, -0.1) is 0 Å². The van der Waals surface area contributed by atoms with Crippen molar-refractivity contribution in [3.63, 3.8) is 0 Å². The van der Waals surface area contributed by atoms with E-state index in [1.54, 1.807) is 25.2 Å². The van der Waals surface area contributed by atoms with E-state index in [0.29, 0.717) is 23.0 Å². The topological polar surface area (TPSA) is 41.1 Å². The zero-order valence-corrected chi connectivity index (χ0v) is 11.4. The molecule has 5 heteroatoms. The summed E-state index contributed by atoms with van der Waals surface area (Å²) in [5.74, 6) is -0.0387. The monoisotopic (exact) mass is 274 g/mol. The van der Waals surface area contributed by atoms with Crippen LogP contribution in [-0.4, -0.2) is 25.5 Å². The molecule has 0 aliphatic carbocycles. The smallest absolute Gasteiger partial charge is 0.234 e. The van der Waals surface area contributed by atoms with Crippen LogP contribution < -0.4 is 10.6 Å². The Morgan fingerprint density at radius 1 is 1.35 bits per heavy atom. The first-order valence-electron chi connectivity index (χ1n) is 5.41. The maximum atomic E-state index is 11.4. The molecule has 0 saturated heterocycles. The average Bonchev–Trinajstić information content (AvgIpc) is 2.24. The van der Waals surface area contributed by atoms with Gasteiger partial charge in [0, 0.05) is 16.1 Å². The molecule has 1 aromatic carbocycles. The molecule has 0 saturated carbocycles. The maximum Gasteiger partial charge on any atom is 0.234 e. The van der Waals surface area contributed by atoms with Gasteiger partial charge in [0.15, 0.2) is 0 Å². The number of carbonyl (C=O) groups excluding carboxylic acids is 1. The molecule has 3 nitrogen and oxygen atoms in total. The first-order valence-corrected chi connectivity index (χ1v) is 6.17. The number of rotatable bonds is 5. The lowest BCUT2D eigenvalue weighted by atomic mass is 10.1. The molecular weight excluding hydrogens is 259 g/mol. The third-order valence-corrected chi connectivity index (χ3v) is 3.02. The molecule has 17 heavy (non-hydrogen) atoms. The third kappa shape index (κ3) is 4.54. The molecule has 1 rings (SSSR count). The predicted octanol–water partition coefficient (Wildman–Crippen LogP) is 2.26. The molecule has 2 N–H and O–H groups in total. The Kier molecular flexibility index (Phi) is 5.75. The summed E-state index contributed by atoms with van der Waals surface area (Å²) in [6, 6.07) is 5.39. The largest absolute Gasteiger partial charge is 0.352 e. The van der Waals surface area contributed by atoms with Crippen LogP contribution in [0.25, 0.3) is 0 Å². The molecule has 0 fully saturated rings. The minimum absolute atomic E-state index is 0.00625. The molecule has 0 heterocycles. The number of halogens is 2. The highest BCUT2D eigenvalue weighted by atomic mass is 35.5. The van der Waals surface area contributed by atoms with Crippen LogP contribution in [0, 0.1) is 0 Å². The molecule has 0 bridgehead atoms. The third-order valence-electron chi connectivity index (χ3n) is 2.32. The van der Waals surface area contributed by atoms with Gasteiger partial charge in [0.05, 0.1) is 6.54 Å². The number of nitrogens with one attached hydrogen (secondary N) is 2. The Morgan fingerprint density at radius 3 is 2.47 bits per heavy atom. The van der Waals surface area contributed by atoms with Crippen molar-refractivity contribution in [3.05, 3.63) is 33.8 Å². The van der Waals surface area contributed by atoms with Crippen molar-refractivity contribution >= 4 is 29.1 Å². The molecule has 0 aromatic heterocycles. The van der Waals surface area contributed by atoms with Crippen LogP contribution >= 0.6 is 23.2 Å². The van der Waals surface area contributed by atoms with Gasteiger partial charge >= 0.3 is 0 Å². The predicted molar refractivity (Wildman–Crippen MR) is 71.7 cm³/mol. The van der Waals surface area contributed by atoms with Crippen LogP contribution in [0.5, 0.6) is 0 Å². The summed E-state index contributed by atoms with van der Waals surface area (Å²) in [5.41, 5.74) is 0.869. The standard InChI is InChI=1S/C12H16Cl2N2O/c1-8(16-12(17)7-15-2)6-9-10(13)4-3-5-11(9)14/h3-5,8,15H,6-7H2,1-2H3,(H,16,17). The molecule has 0 aliphatic rings. The lowest BCUT2D eigenvalue weighted by Crippen LogP contribution is -2.39. The van der Waals surface area contributed by atoms with Gasteiger partial charge in [-0.3, -0.25) is 4.79 Å². The number of likely N-dealkylation sites (N-methyl/N-ethyl adjacent to an activating group) is 1. The van der Waals surface area contributed by atoms with E-state index in [1.807, 2.05) is 6.92 Å². The van der Waals surface area contributed by atoms with Crippen molar-refractivity contribution in [2.75, 3.05) is 13.6 Å². The summed E-state index contributed by atoms with van der Waals surface area (Å²) in [6.45, 7) is 2.23. The normalized spacial score (nSPS) is 12.2. The molecule has 0 radical (unpaired) electrons. The Labute approximate surface area is 111 Å². The van der Waals surface area contributed by atoms with Crippen LogP contribution in [0.3, 0.4) is 0 Å². The quantitative estimate of drug-likeness (QED) is 0.865. The van der Waals surface area contributed by atoms with Gasteiger partial charge in [-0.1, -0.05) is 29.3 Å². The number of carbonyl (C=O) groups is 1. The highest BCUT2D eigenvalue weighted by Crippen LogP contribution is 2.25. The van der Waals surface area contributed by atoms with Gasteiger partial charge in [-0.2, -0.15) is 0 Å². The van der Waals surface area contributed by atoms with E-state index in [9.17, 15) is 4.79 Å². The summed E-state index contributed by atoms with van der Waals surface area (Å²) in [4.78, 5) is 11.4. The molecule has 1 amide bonds. The molecule has 1 aromatic rings. The highest BCUT2D eigenvalue weighted by molar-refractivity contribution is 6.36. The molecule has 1 atom stereocenters. The van der Waals surface area contributed by atoms with Gasteiger partial charge in [0.25, 0.3) is 0 Å². The van der Waals surface area contributed by atoms with Crippen molar-refractivity contribution in [1.29, 1.82) is 0 Å². The Hall–Kier alpha value is -0.770. The molecule has 0 aliphatic heterocycles. The van der Waals surface area contributed by atoms with E-state index >= 15 is 0 Å². The number of hydrogen-bond acceptors (Lipinski definition) is 2.